The van der Waals surface area contributed by atoms with Gasteiger partial charge in [-0.25, -0.2) is 13.2 Å². The Kier molecular flexibility index (Phi) is 8.60. The number of aromatic nitrogens is 1. The van der Waals surface area contributed by atoms with Crippen molar-refractivity contribution in [1.82, 2.24) is 8.87 Å². The van der Waals surface area contributed by atoms with Crippen molar-refractivity contribution >= 4 is 27.6 Å². The van der Waals surface area contributed by atoms with Gasteiger partial charge in [-0.15, -0.1) is 0 Å². The topological polar surface area (TPSA) is 133 Å². The number of sulfonamides is 1. The molecule has 0 spiro atoms. The third kappa shape index (κ3) is 5.71. The van der Waals surface area contributed by atoms with Crippen LogP contribution in [0.1, 0.15) is 24.2 Å². The molecule has 1 aromatic carbocycles. The van der Waals surface area contributed by atoms with Crippen molar-refractivity contribution in [2.75, 3.05) is 39.7 Å². The minimum atomic E-state index is -3.82. The molecule has 33 heavy (non-hydrogen) atoms. The highest BCUT2D eigenvalue weighted by molar-refractivity contribution is 7.89. The van der Waals surface area contributed by atoms with E-state index in [2.05, 4.69) is 5.32 Å². The van der Waals surface area contributed by atoms with Crippen molar-refractivity contribution in [3.63, 3.8) is 0 Å². The first-order chi connectivity index (χ1) is 15.6. The zero-order chi connectivity index (χ0) is 24.8. The van der Waals surface area contributed by atoms with Gasteiger partial charge in [-0.05, 0) is 6.07 Å². The van der Waals surface area contributed by atoms with Crippen molar-refractivity contribution in [1.29, 1.82) is 0 Å². The normalized spacial score (nSPS) is 11.2. The Bertz CT molecular complexity index is 1190. The van der Waals surface area contributed by atoms with Crippen LogP contribution in [0.15, 0.2) is 40.2 Å². The predicted octanol–water partition coefficient (Wildman–Crippen LogP) is 1.32. The Morgan fingerprint density at radius 2 is 1.64 bits per heavy atom. The number of hydrogen-bond acceptors (Lipinski definition) is 8. The van der Waals surface area contributed by atoms with Crippen LogP contribution in [0.25, 0.3) is 0 Å². The smallest absolute Gasteiger partial charge is 0.340 e. The monoisotopic (exact) mass is 481 g/mol. The van der Waals surface area contributed by atoms with Crippen molar-refractivity contribution in [2.45, 2.75) is 25.3 Å². The maximum absolute atomic E-state index is 12.8. The van der Waals surface area contributed by atoms with Gasteiger partial charge in [0.1, 0.15) is 6.54 Å². The molecule has 0 saturated carbocycles. The van der Waals surface area contributed by atoms with Crippen LogP contribution in [0.5, 0.6) is 11.5 Å². The Hall–Kier alpha value is -3.38. The minimum absolute atomic E-state index is 0.00806. The standard InChI is InChI=1S/C21H27N3O8S/c1-6-24(7-2)33(28,29)14-8-9-20(26)23(12-14)13-19(25)22-16-11-18(31-4)17(30-3)10-15(16)21(27)32-5/h8-12H,6-7,13H2,1-5H3,(H,22,25). The largest absolute Gasteiger partial charge is 0.493 e. The van der Waals surface area contributed by atoms with E-state index in [1.54, 1.807) is 13.8 Å². The molecule has 11 nitrogen and oxygen atoms in total. The molecule has 180 valence electrons. The Morgan fingerprint density at radius 3 is 2.18 bits per heavy atom. The lowest BCUT2D eigenvalue weighted by Gasteiger charge is -2.19. The first-order valence-electron chi connectivity index (χ1n) is 9.97. The van der Waals surface area contributed by atoms with E-state index >= 15 is 0 Å². The van der Waals surface area contributed by atoms with Crippen LogP contribution in [0.2, 0.25) is 0 Å². The Morgan fingerprint density at radius 1 is 1.03 bits per heavy atom. The molecule has 0 bridgehead atoms. The first kappa shape index (κ1) is 25.9. The summed E-state index contributed by atoms with van der Waals surface area (Å²) >= 11 is 0. The maximum atomic E-state index is 12.8. The van der Waals surface area contributed by atoms with E-state index in [0.717, 1.165) is 16.8 Å². The van der Waals surface area contributed by atoms with Crippen molar-refractivity contribution in [2.24, 2.45) is 0 Å². The van der Waals surface area contributed by atoms with Crippen LogP contribution in [0.4, 0.5) is 5.69 Å². The van der Waals surface area contributed by atoms with Crippen LogP contribution in [-0.2, 0) is 26.1 Å². The van der Waals surface area contributed by atoms with E-state index in [9.17, 15) is 22.8 Å². The van der Waals surface area contributed by atoms with Crippen LogP contribution in [0, 0.1) is 0 Å². The second kappa shape index (κ2) is 11.0. The van der Waals surface area contributed by atoms with Gasteiger partial charge in [-0.3, -0.25) is 9.59 Å². The zero-order valence-corrected chi connectivity index (χ0v) is 19.9. The van der Waals surface area contributed by atoms with E-state index in [4.69, 9.17) is 14.2 Å². The van der Waals surface area contributed by atoms with Crippen LogP contribution in [-0.4, -0.2) is 63.6 Å². The number of carbonyl (C=O) groups is 2. The number of anilines is 1. The lowest BCUT2D eigenvalue weighted by atomic mass is 10.1. The van der Waals surface area contributed by atoms with Crippen molar-refractivity contribution in [3.05, 3.63) is 46.4 Å². The molecule has 0 aliphatic rings. The molecule has 2 aromatic rings. The number of nitrogens with zero attached hydrogens (tertiary/aromatic N) is 2. The number of esters is 1. The van der Waals surface area contributed by atoms with Gasteiger partial charge >= 0.3 is 5.97 Å². The van der Waals surface area contributed by atoms with E-state index < -0.39 is 34.0 Å². The molecule has 0 unspecified atom stereocenters. The first-order valence-corrected chi connectivity index (χ1v) is 11.4. The molecule has 0 atom stereocenters. The number of hydrogen-bond donors (Lipinski definition) is 1. The molecule has 0 radical (unpaired) electrons. The van der Waals surface area contributed by atoms with Gasteiger partial charge in [0, 0.05) is 37.5 Å². The third-order valence-electron chi connectivity index (χ3n) is 4.82. The number of ether oxygens (including phenoxy) is 3. The number of amides is 1. The molecule has 1 heterocycles. The molecule has 1 amide bonds. The van der Waals surface area contributed by atoms with E-state index in [1.165, 1.54) is 43.8 Å². The molecule has 0 aliphatic heterocycles. The Labute approximate surface area is 191 Å². The number of carbonyl (C=O) groups excluding carboxylic acids is 2. The van der Waals surface area contributed by atoms with Gasteiger partial charge in [0.15, 0.2) is 11.5 Å². The van der Waals surface area contributed by atoms with Crippen molar-refractivity contribution in [3.8, 4) is 11.5 Å². The Balaban J connectivity index is 2.39. The summed E-state index contributed by atoms with van der Waals surface area (Å²) in [6, 6.07) is 5.02. The van der Waals surface area contributed by atoms with Gasteiger partial charge in [0.25, 0.3) is 5.56 Å². The maximum Gasteiger partial charge on any atom is 0.340 e. The van der Waals surface area contributed by atoms with Crippen LogP contribution in [0.3, 0.4) is 0 Å². The number of pyridine rings is 1. The number of methoxy groups -OCH3 is 3. The summed E-state index contributed by atoms with van der Waals surface area (Å²) in [5.41, 5.74) is -0.484. The second-order valence-electron chi connectivity index (χ2n) is 6.71. The molecule has 0 saturated heterocycles. The van der Waals surface area contributed by atoms with E-state index in [-0.39, 0.29) is 40.7 Å². The van der Waals surface area contributed by atoms with E-state index in [0.29, 0.717) is 0 Å². The summed E-state index contributed by atoms with van der Waals surface area (Å²) in [7, 11) is 0.147. The molecule has 1 N–H and O–H groups in total. The summed E-state index contributed by atoms with van der Waals surface area (Å²) in [6.07, 6.45) is 1.12. The quantitative estimate of drug-likeness (QED) is 0.503. The molecular formula is C21H27N3O8S. The summed E-state index contributed by atoms with van der Waals surface area (Å²) in [6.45, 7) is 3.43. The highest BCUT2D eigenvalue weighted by atomic mass is 32.2. The molecule has 0 fully saturated rings. The lowest BCUT2D eigenvalue weighted by Crippen LogP contribution is -2.33. The van der Waals surface area contributed by atoms with Gasteiger partial charge in [0.2, 0.25) is 15.9 Å². The fourth-order valence-electron chi connectivity index (χ4n) is 3.10. The predicted molar refractivity (Wildman–Crippen MR) is 120 cm³/mol. The van der Waals surface area contributed by atoms with Gasteiger partial charge in [-0.1, -0.05) is 13.8 Å². The van der Waals surface area contributed by atoms with Gasteiger partial charge in [-0.2, -0.15) is 4.31 Å². The van der Waals surface area contributed by atoms with Crippen molar-refractivity contribution < 1.29 is 32.2 Å². The number of benzene rings is 1. The zero-order valence-electron chi connectivity index (χ0n) is 19.1. The third-order valence-corrected chi connectivity index (χ3v) is 6.85. The molecule has 12 heteroatoms. The molecule has 0 aliphatic carbocycles. The number of nitrogens with one attached hydrogen (secondary N) is 1. The van der Waals surface area contributed by atoms with Crippen LogP contribution < -0.4 is 20.3 Å². The fourth-order valence-corrected chi connectivity index (χ4v) is 4.58. The summed E-state index contributed by atoms with van der Waals surface area (Å²) in [5.74, 6) is -0.894. The average Bonchev–Trinajstić information content (AvgIpc) is 2.80. The minimum Gasteiger partial charge on any atom is -0.493 e. The average molecular weight is 482 g/mol. The SMILES string of the molecule is CCN(CC)S(=O)(=O)c1ccc(=O)n(CC(=O)Nc2cc(OC)c(OC)cc2C(=O)OC)c1. The fraction of sp³-hybridized carbons (Fsp3) is 0.381. The highest BCUT2D eigenvalue weighted by Crippen LogP contribution is 2.33. The summed E-state index contributed by atoms with van der Waals surface area (Å²) in [4.78, 5) is 37.0. The summed E-state index contributed by atoms with van der Waals surface area (Å²) in [5, 5.41) is 2.54. The number of rotatable bonds is 10. The lowest BCUT2D eigenvalue weighted by molar-refractivity contribution is -0.116. The molecular weight excluding hydrogens is 454 g/mol. The van der Waals surface area contributed by atoms with E-state index in [1.807, 2.05) is 0 Å². The summed E-state index contributed by atoms with van der Waals surface area (Å²) < 4.78 is 42.9. The van der Waals surface area contributed by atoms with Gasteiger partial charge in [0.05, 0.1) is 37.5 Å². The highest BCUT2D eigenvalue weighted by Gasteiger charge is 2.23. The second-order valence-corrected chi connectivity index (χ2v) is 8.65. The van der Waals surface area contributed by atoms with Crippen LogP contribution >= 0.6 is 0 Å². The van der Waals surface area contributed by atoms with Gasteiger partial charge < -0.3 is 24.1 Å². The molecule has 2 rings (SSSR count). The molecule has 1 aromatic heterocycles.